The molecule has 0 bridgehead atoms. The molecule has 1 amide bonds. The summed E-state index contributed by atoms with van der Waals surface area (Å²) >= 11 is 6.12. The maximum atomic E-state index is 12.5. The summed E-state index contributed by atoms with van der Waals surface area (Å²) in [6.45, 7) is 0.605. The van der Waals surface area contributed by atoms with Gasteiger partial charge in [0.25, 0.3) is 0 Å². The van der Waals surface area contributed by atoms with E-state index in [-0.39, 0.29) is 5.75 Å². The molecule has 1 fully saturated rings. The van der Waals surface area contributed by atoms with Crippen molar-refractivity contribution >= 4 is 35.0 Å². The highest BCUT2D eigenvalue weighted by Gasteiger charge is 2.18. The van der Waals surface area contributed by atoms with Crippen LogP contribution in [0.15, 0.2) is 48.5 Å². The maximum absolute atomic E-state index is 12.5. The SMILES string of the molecule is CN1CCN(c2ccc(Cl)cc2NC(=O)/C=C/c2ccccc2OC(F)F)CC1. The monoisotopic (exact) mass is 421 g/mol. The topological polar surface area (TPSA) is 44.8 Å². The Hall–Kier alpha value is -2.64. The Morgan fingerprint density at radius 2 is 1.90 bits per heavy atom. The molecule has 1 aliphatic heterocycles. The highest BCUT2D eigenvalue weighted by Crippen LogP contribution is 2.30. The molecule has 0 atom stereocenters. The number of piperazine rings is 1. The van der Waals surface area contributed by atoms with Crippen LogP contribution in [-0.2, 0) is 4.79 Å². The molecule has 1 saturated heterocycles. The van der Waals surface area contributed by atoms with Crippen molar-refractivity contribution in [3.63, 3.8) is 0 Å². The molecule has 1 heterocycles. The van der Waals surface area contributed by atoms with Gasteiger partial charge in [-0.2, -0.15) is 8.78 Å². The van der Waals surface area contributed by atoms with E-state index < -0.39 is 12.5 Å². The van der Waals surface area contributed by atoms with E-state index in [1.54, 1.807) is 30.3 Å². The van der Waals surface area contributed by atoms with Gasteiger partial charge in [-0.1, -0.05) is 29.8 Å². The second-order valence-corrected chi connectivity index (χ2v) is 7.13. The van der Waals surface area contributed by atoms with Crippen LogP contribution >= 0.6 is 11.6 Å². The fourth-order valence-electron chi connectivity index (χ4n) is 3.09. The molecule has 0 unspecified atom stereocenters. The molecule has 8 heteroatoms. The average molecular weight is 422 g/mol. The molecule has 0 aromatic heterocycles. The van der Waals surface area contributed by atoms with Gasteiger partial charge < -0.3 is 19.9 Å². The van der Waals surface area contributed by atoms with Gasteiger partial charge in [-0.3, -0.25) is 4.79 Å². The molecule has 3 rings (SSSR count). The smallest absolute Gasteiger partial charge is 0.387 e. The average Bonchev–Trinajstić information content (AvgIpc) is 2.68. The number of ether oxygens (including phenoxy) is 1. The Morgan fingerprint density at radius 1 is 1.17 bits per heavy atom. The van der Waals surface area contributed by atoms with Gasteiger partial charge in [0.2, 0.25) is 5.91 Å². The summed E-state index contributed by atoms with van der Waals surface area (Å²) in [7, 11) is 2.07. The van der Waals surface area contributed by atoms with Crippen molar-refractivity contribution < 1.29 is 18.3 Å². The molecule has 29 heavy (non-hydrogen) atoms. The highest BCUT2D eigenvalue weighted by molar-refractivity contribution is 6.31. The van der Waals surface area contributed by atoms with Crippen LogP contribution in [0.5, 0.6) is 5.75 Å². The normalized spacial score (nSPS) is 15.1. The van der Waals surface area contributed by atoms with Gasteiger partial charge in [0.1, 0.15) is 5.75 Å². The molecule has 0 aliphatic carbocycles. The van der Waals surface area contributed by atoms with E-state index >= 15 is 0 Å². The van der Waals surface area contributed by atoms with Crippen LogP contribution in [0.1, 0.15) is 5.56 Å². The van der Waals surface area contributed by atoms with E-state index in [9.17, 15) is 13.6 Å². The van der Waals surface area contributed by atoms with Gasteiger partial charge in [0.05, 0.1) is 11.4 Å². The minimum atomic E-state index is -2.93. The molecule has 154 valence electrons. The van der Waals surface area contributed by atoms with Gasteiger partial charge in [0, 0.05) is 42.8 Å². The molecule has 1 aliphatic rings. The van der Waals surface area contributed by atoms with E-state index in [0.29, 0.717) is 16.3 Å². The molecule has 1 N–H and O–H groups in total. The third kappa shape index (κ3) is 5.92. The minimum Gasteiger partial charge on any atom is -0.434 e. The summed E-state index contributed by atoms with van der Waals surface area (Å²) in [5.41, 5.74) is 1.88. The molecule has 2 aromatic rings. The first-order chi connectivity index (χ1) is 13.9. The first kappa shape index (κ1) is 21.1. The van der Waals surface area contributed by atoms with E-state index in [2.05, 4.69) is 26.9 Å². The van der Waals surface area contributed by atoms with E-state index in [0.717, 1.165) is 31.9 Å². The Morgan fingerprint density at radius 3 is 2.62 bits per heavy atom. The largest absolute Gasteiger partial charge is 0.434 e. The Bertz CT molecular complexity index is 884. The van der Waals surface area contributed by atoms with E-state index in [4.69, 9.17) is 11.6 Å². The number of carbonyl (C=O) groups excluding carboxylic acids is 1. The molecular weight excluding hydrogens is 400 g/mol. The Kier molecular flexibility index (Phi) is 7.06. The molecule has 2 aromatic carbocycles. The zero-order chi connectivity index (χ0) is 20.8. The van der Waals surface area contributed by atoms with Crippen molar-refractivity contribution in [3.8, 4) is 5.75 Å². The number of carbonyl (C=O) groups is 1. The third-order valence-corrected chi connectivity index (χ3v) is 4.84. The van der Waals surface area contributed by atoms with Gasteiger partial charge in [-0.25, -0.2) is 0 Å². The molecule has 5 nitrogen and oxygen atoms in total. The number of rotatable bonds is 6. The number of anilines is 2. The first-order valence-electron chi connectivity index (χ1n) is 9.18. The maximum Gasteiger partial charge on any atom is 0.387 e. The van der Waals surface area contributed by atoms with Crippen LogP contribution in [0.2, 0.25) is 5.02 Å². The molecule has 0 saturated carbocycles. The van der Waals surface area contributed by atoms with Crippen molar-refractivity contribution in [3.05, 3.63) is 59.1 Å². The van der Waals surface area contributed by atoms with Crippen LogP contribution < -0.4 is 15.0 Å². The van der Waals surface area contributed by atoms with Crippen molar-refractivity contribution in [2.45, 2.75) is 6.61 Å². The van der Waals surface area contributed by atoms with Crippen molar-refractivity contribution in [1.29, 1.82) is 0 Å². The zero-order valence-corrected chi connectivity index (χ0v) is 16.7. The predicted molar refractivity (Wildman–Crippen MR) is 112 cm³/mol. The van der Waals surface area contributed by atoms with Gasteiger partial charge in [0.15, 0.2) is 0 Å². The number of alkyl halides is 2. The third-order valence-electron chi connectivity index (χ3n) is 4.61. The lowest BCUT2D eigenvalue weighted by molar-refractivity contribution is -0.111. The second kappa shape index (κ2) is 9.71. The lowest BCUT2D eigenvalue weighted by Gasteiger charge is -2.35. The van der Waals surface area contributed by atoms with Crippen LogP contribution in [0.4, 0.5) is 20.2 Å². The van der Waals surface area contributed by atoms with Crippen molar-refractivity contribution in [1.82, 2.24) is 4.90 Å². The van der Waals surface area contributed by atoms with Crippen LogP contribution in [0.3, 0.4) is 0 Å². The summed E-state index contributed by atoms with van der Waals surface area (Å²) in [5.74, 6) is -0.387. The van der Waals surface area contributed by atoms with Gasteiger partial charge >= 0.3 is 6.61 Å². The predicted octanol–water partition coefficient (Wildman–Crippen LogP) is 4.35. The lowest BCUT2D eigenvalue weighted by Crippen LogP contribution is -2.44. The number of hydrogen-bond donors (Lipinski definition) is 1. The first-order valence-corrected chi connectivity index (χ1v) is 9.56. The van der Waals surface area contributed by atoms with Gasteiger partial charge in [-0.05, 0) is 37.4 Å². The summed E-state index contributed by atoms with van der Waals surface area (Å²) < 4.78 is 29.5. The second-order valence-electron chi connectivity index (χ2n) is 6.69. The molecule has 0 radical (unpaired) electrons. The molecular formula is C21H22ClF2N3O2. The van der Waals surface area contributed by atoms with Crippen LogP contribution in [-0.4, -0.2) is 50.6 Å². The van der Waals surface area contributed by atoms with E-state index in [1.165, 1.54) is 18.2 Å². The number of halogens is 3. The summed E-state index contributed by atoms with van der Waals surface area (Å²) in [4.78, 5) is 16.9. The van der Waals surface area contributed by atoms with E-state index in [1.807, 2.05) is 6.07 Å². The quantitative estimate of drug-likeness (QED) is 0.704. The minimum absolute atomic E-state index is 0.00688. The Labute approximate surface area is 173 Å². The van der Waals surface area contributed by atoms with Crippen molar-refractivity contribution in [2.75, 3.05) is 43.4 Å². The number of hydrogen-bond acceptors (Lipinski definition) is 4. The number of amides is 1. The zero-order valence-electron chi connectivity index (χ0n) is 15.9. The number of para-hydroxylation sites is 1. The number of nitrogens with one attached hydrogen (secondary N) is 1. The highest BCUT2D eigenvalue weighted by atomic mass is 35.5. The Balaban J connectivity index is 1.74. The van der Waals surface area contributed by atoms with Crippen molar-refractivity contribution in [2.24, 2.45) is 0 Å². The summed E-state index contributed by atoms with van der Waals surface area (Å²) in [6, 6.07) is 11.7. The fraction of sp³-hybridized carbons (Fsp3) is 0.286. The fourth-order valence-corrected chi connectivity index (χ4v) is 3.26. The van der Waals surface area contributed by atoms with Crippen LogP contribution in [0.25, 0.3) is 6.08 Å². The lowest BCUT2D eigenvalue weighted by atomic mass is 10.2. The van der Waals surface area contributed by atoms with Gasteiger partial charge in [-0.15, -0.1) is 0 Å². The summed E-state index contributed by atoms with van der Waals surface area (Å²) in [6.07, 6.45) is 2.72. The number of benzene rings is 2. The molecule has 0 spiro atoms. The number of nitrogens with zero attached hydrogens (tertiary/aromatic N) is 2. The summed E-state index contributed by atoms with van der Waals surface area (Å²) in [5, 5.41) is 3.35. The number of likely N-dealkylation sites (N-methyl/N-ethyl adjacent to an activating group) is 1. The van der Waals surface area contributed by atoms with Crippen LogP contribution in [0, 0.1) is 0 Å². The standard InChI is InChI=1S/C21H22ClF2N3O2/c1-26-10-12-27(13-11-26)18-8-7-16(22)14-17(18)25-20(28)9-6-15-4-2-3-5-19(15)29-21(23)24/h2-9,14,21H,10-13H2,1H3,(H,25,28)/b9-6+.